The van der Waals surface area contributed by atoms with Crippen LogP contribution in [-0.2, 0) is 11.2 Å². The zero-order chi connectivity index (χ0) is 13.0. The zero-order valence-electron chi connectivity index (χ0n) is 10.8. The maximum absolute atomic E-state index is 10.6. The number of carboxylic acids is 1. The number of ether oxygens (including phenoxy) is 1. The van der Waals surface area contributed by atoms with Gasteiger partial charge in [0.15, 0.2) is 0 Å². The highest BCUT2D eigenvalue weighted by Crippen LogP contribution is 2.27. The molecule has 2 atom stereocenters. The molecule has 1 aromatic rings. The summed E-state index contributed by atoms with van der Waals surface area (Å²) in [4.78, 5) is 10.6. The molecule has 0 aliphatic heterocycles. The zero-order valence-corrected chi connectivity index (χ0v) is 10.8. The molecule has 0 spiro atoms. The second-order valence-electron chi connectivity index (χ2n) is 5.23. The van der Waals surface area contributed by atoms with Crippen LogP contribution in [0.15, 0.2) is 24.3 Å². The fourth-order valence-corrected chi connectivity index (χ4v) is 2.54. The maximum Gasteiger partial charge on any atom is 0.307 e. The van der Waals surface area contributed by atoms with Crippen LogP contribution in [0, 0.1) is 5.92 Å². The van der Waals surface area contributed by atoms with Crippen molar-refractivity contribution < 1.29 is 14.6 Å². The van der Waals surface area contributed by atoms with Gasteiger partial charge in [0.2, 0.25) is 0 Å². The summed E-state index contributed by atoms with van der Waals surface area (Å²) in [6, 6.07) is 7.40. The number of hydrogen-bond donors (Lipinski definition) is 1. The van der Waals surface area contributed by atoms with E-state index in [1.54, 1.807) is 0 Å². The van der Waals surface area contributed by atoms with E-state index in [-0.39, 0.29) is 6.42 Å². The van der Waals surface area contributed by atoms with Crippen molar-refractivity contribution in [3.8, 4) is 5.75 Å². The predicted molar refractivity (Wildman–Crippen MR) is 69.8 cm³/mol. The van der Waals surface area contributed by atoms with Crippen LogP contribution in [0.4, 0.5) is 0 Å². The van der Waals surface area contributed by atoms with Gasteiger partial charge in [0.1, 0.15) is 5.75 Å². The van der Waals surface area contributed by atoms with Crippen LogP contribution in [-0.4, -0.2) is 17.2 Å². The van der Waals surface area contributed by atoms with E-state index >= 15 is 0 Å². The minimum absolute atomic E-state index is 0.0702. The lowest BCUT2D eigenvalue weighted by Gasteiger charge is -2.27. The summed E-state index contributed by atoms with van der Waals surface area (Å²) in [5.41, 5.74) is 0.812. The van der Waals surface area contributed by atoms with E-state index in [1.165, 1.54) is 12.8 Å². The number of aliphatic carboxylic acids is 1. The molecule has 18 heavy (non-hydrogen) atoms. The molecule has 0 bridgehead atoms. The van der Waals surface area contributed by atoms with Crippen molar-refractivity contribution in [1.29, 1.82) is 0 Å². The number of benzene rings is 1. The molecule has 2 unspecified atom stereocenters. The van der Waals surface area contributed by atoms with Gasteiger partial charge in [0.25, 0.3) is 0 Å². The molecule has 2 rings (SSSR count). The van der Waals surface area contributed by atoms with Crippen LogP contribution in [0.1, 0.15) is 38.2 Å². The lowest BCUT2D eigenvalue weighted by atomic mass is 9.89. The van der Waals surface area contributed by atoms with Gasteiger partial charge in [0.05, 0.1) is 12.5 Å². The summed E-state index contributed by atoms with van der Waals surface area (Å²) in [6.07, 6.45) is 5.18. The van der Waals surface area contributed by atoms with Gasteiger partial charge < -0.3 is 9.84 Å². The summed E-state index contributed by atoms with van der Waals surface area (Å²) in [6.45, 7) is 2.27. The Morgan fingerprint density at radius 1 is 1.33 bits per heavy atom. The third-order valence-corrected chi connectivity index (χ3v) is 3.47. The SMILES string of the molecule is CC1CCCC(Oc2ccc(CC(=O)O)cc2)C1. The predicted octanol–water partition coefficient (Wildman–Crippen LogP) is 3.27. The minimum Gasteiger partial charge on any atom is -0.490 e. The average Bonchev–Trinajstić information content (AvgIpc) is 2.31. The molecule has 0 aromatic heterocycles. The Morgan fingerprint density at radius 2 is 2.06 bits per heavy atom. The Kier molecular flexibility index (Phi) is 4.24. The summed E-state index contributed by atoms with van der Waals surface area (Å²) < 4.78 is 5.94. The molecule has 1 saturated carbocycles. The molecule has 1 aromatic carbocycles. The molecule has 98 valence electrons. The molecule has 1 N–H and O–H groups in total. The number of carboxylic acid groups (broad SMARTS) is 1. The van der Waals surface area contributed by atoms with Crippen molar-refractivity contribution in [3.05, 3.63) is 29.8 Å². The Bertz CT molecular complexity index is 397. The molecular weight excluding hydrogens is 228 g/mol. The highest BCUT2D eigenvalue weighted by molar-refractivity contribution is 5.70. The molecule has 0 heterocycles. The van der Waals surface area contributed by atoms with Crippen LogP contribution in [0.3, 0.4) is 0 Å². The van der Waals surface area contributed by atoms with Crippen molar-refractivity contribution in [1.82, 2.24) is 0 Å². The lowest BCUT2D eigenvalue weighted by molar-refractivity contribution is -0.136. The van der Waals surface area contributed by atoms with E-state index in [0.29, 0.717) is 6.10 Å². The number of carbonyl (C=O) groups is 1. The third-order valence-electron chi connectivity index (χ3n) is 3.47. The fraction of sp³-hybridized carbons (Fsp3) is 0.533. The van der Waals surface area contributed by atoms with Gasteiger partial charge in [0, 0.05) is 0 Å². The van der Waals surface area contributed by atoms with E-state index in [9.17, 15) is 4.79 Å². The molecule has 1 fully saturated rings. The standard InChI is InChI=1S/C15H20O3/c1-11-3-2-4-14(9-11)18-13-7-5-12(6-8-13)10-15(16)17/h5-8,11,14H,2-4,9-10H2,1H3,(H,16,17). The monoisotopic (exact) mass is 248 g/mol. The molecule has 3 heteroatoms. The lowest BCUT2D eigenvalue weighted by Crippen LogP contribution is -2.24. The molecule has 0 saturated heterocycles. The van der Waals surface area contributed by atoms with Gasteiger partial charge in [-0.25, -0.2) is 0 Å². The fourth-order valence-electron chi connectivity index (χ4n) is 2.54. The molecule has 1 aliphatic carbocycles. The van der Waals surface area contributed by atoms with Gasteiger partial charge in [-0.15, -0.1) is 0 Å². The Balaban J connectivity index is 1.91. The van der Waals surface area contributed by atoms with Gasteiger partial charge in [-0.3, -0.25) is 4.79 Å². The summed E-state index contributed by atoms with van der Waals surface area (Å²) >= 11 is 0. The van der Waals surface area contributed by atoms with Crippen molar-refractivity contribution in [2.24, 2.45) is 5.92 Å². The van der Waals surface area contributed by atoms with E-state index in [0.717, 1.165) is 30.1 Å². The Hall–Kier alpha value is -1.51. The van der Waals surface area contributed by atoms with Gasteiger partial charge in [-0.05, 0) is 42.9 Å². The van der Waals surface area contributed by atoms with Gasteiger partial charge in [-0.1, -0.05) is 25.5 Å². The first kappa shape index (κ1) is 12.9. The first-order valence-electron chi connectivity index (χ1n) is 6.61. The van der Waals surface area contributed by atoms with Gasteiger partial charge in [-0.2, -0.15) is 0 Å². The second kappa shape index (κ2) is 5.89. The molecule has 0 radical (unpaired) electrons. The van der Waals surface area contributed by atoms with Gasteiger partial charge >= 0.3 is 5.97 Å². The van der Waals surface area contributed by atoms with E-state index in [1.807, 2.05) is 24.3 Å². The van der Waals surface area contributed by atoms with Crippen LogP contribution >= 0.6 is 0 Å². The van der Waals surface area contributed by atoms with Crippen molar-refractivity contribution in [2.75, 3.05) is 0 Å². The normalized spacial score (nSPS) is 23.6. The summed E-state index contributed by atoms with van der Waals surface area (Å²) in [5.74, 6) is 0.794. The summed E-state index contributed by atoms with van der Waals surface area (Å²) in [7, 11) is 0. The smallest absolute Gasteiger partial charge is 0.307 e. The maximum atomic E-state index is 10.6. The molecule has 3 nitrogen and oxygen atoms in total. The highest BCUT2D eigenvalue weighted by atomic mass is 16.5. The number of rotatable bonds is 4. The first-order valence-corrected chi connectivity index (χ1v) is 6.61. The minimum atomic E-state index is -0.801. The van der Waals surface area contributed by atoms with E-state index in [2.05, 4.69) is 6.92 Å². The molecular formula is C15H20O3. The quantitative estimate of drug-likeness (QED) is 0.889. The first-order chi connectivity index (χ1) is 8.63. The van der Waals surface area contributed by atoms with Crippen LogP contribution in [0.25, 0.3) is 0 Å². The van der Waals surface area contributed by atoms with Crippen molar-refractivity contribution >= 4 is 5.97 Å². The highest BCUT2D eigenvalue weighted by Gasteiger charge is 2.20. The van der Waals surface area contributed by atoms with E-state index < -0.39 is 5.97 Å². The van der Waals surface area contributed by atoms with E-state index in [4.69, 9.17) is 9.84 Å². The Morgan fingerprint density at radius 3 is 2.67 bits per heavy atom. The third kappa shape index (κ3) is 3.76. The summed E-state index contributed by atoms with van der Waals surface area (Å²) in [5, 5.41) is 8.70. The topological polar surface area (TPSA) is 46.5 Å². The molecule has 0 amide bonds. The second-order valence-corrected chi connectivity index (χ2v) is 5.23. The average molecular weight is 248 g/mol. The largest absolute Gasteiger partial charge is 0.490 e. The van der Waals surface area contributed by atoms with Crippen molar-refractivity contribution in [2.45, 2.75) is 45.1 Å². The Labute approximate surface area is 108 Å². The van der Waals surface area contributed by atoms with Crippen LogP contribution in [0.2, 0.25) is 0 Å². The van der Waals surface area contributed by atoms with Crippen LogP contribution < -0.4 is 4.74 Å². The van der Waals surface area contributed by atoms with Crippen molar-refractivity contribution in [3.63, 3.8) is 0 Å². The molecule has 1 aliphatic rings. The van der Waals surface area contributed by atoms with Crippen LogP contribution in [0.5, 0.6) is 5.75 Å². The number of hydrogen-bond acceptors (Lipinski definition) is 2.